The van der Waals surface area contributed by atoms with Gasteiger partial charge < -0.3 is 5.11 Å². The second-order valence-electron chi connectivity index (χ2n) is 4.24. The lowest BCUT2D eigenvalue weighted by Gasteiger charge is -2.29. The molecule has 0 amide bonds. The average Bonchev–Trinajstić information content (AvgIpc) is 2.32. The second kappa shape index (κ2) is 5.13. The molecular weight excluding hydrogens is 281 g/mol. The van der Waals surface area contributed by atoms with Gasteiger partial charge in [0.1, 0.15) is 5.82 Å². The summed E-state index contributed by atoms with van der Waals surface area (Å²) in [6.07, 6.45) is 0.551. The standard InChI is InChI=1S/C11H13ClFNO3S/c12-10-6-9(3-4-11(10)13)18(16,17)14-5-1-2-8(15)7-14/h3-4,6,8,15H,1-2,5,7H2/t8-/m0/s1. The Kier molecular flexibility index (Phi) is 3.91. The number of nitrogens with zero attached hydrogens (tertiary/aromatic N) is 1. The maximum absolute atomic E-state index is 13.0. The van der Waals surface area contributed by atoms with Gasteiger partial charge in [0.25, 0.3) is 0 Å². The van der Waals surface area contributed by atoms with Crippen LogP contribution in [0.25, 0.3) is 0 Å². The summed E-state index contributed by atoms with van der Waals surface area (Å²) in [7, 11) is -3.71. The summed E-state index contributed by atoms with van der Waals surface area (Å²) < 4.78 is 38.7. The Balaban J connectivity index is 2.32. The first-order chi connectivity index (χ1) is 8.41. The molecule has 0 aromatic heterocycles. The Morgan fingerprint density at radius 2 is 2.17 bits per heavy atom. The van der Waals surface area contributed by atoms with E-state index >= 15 is 0 Å². The first-order valence-electron chi connectivity index (χ1n) is 5.54. The van der Waals surface area contributed by atoms with Crippen molar-refractivity contribution in [3.63, 3.8) is 0 Å². The molecule has 100 valence electrons. The van der Waals surface area contributed by atoms with Gasteiger partial charge in [-0.25, -0.2) is 12.8 Å². The van der Waals surface area contributed by atoms with Gasteiger partial charge in [0, 0.05) is 13.1 Å². The molecule has 1 atom stereocenters. The van der Waals surface area contributed by atoms with Gasteiger partial charge in [-0.15, -0.1) is 0 Å². The van der Waals surface area contributed by atoms with Crippen molar-refractivity contribution in [2.75, 3.05) is 13.1 Å². The van der Waals surface area contributed by atoms with Crippen molar-refractivity contribution < 1.29 is 17.9 Å². The number of hydrogen-bond donors (Lipinski definition) is 1. The lowest BCUT2D eigenvalue weighted by atomic mass is 10.1. The van der Waals surface area contributed by atoms with Gasteiger partial charge in [-0.2, -0.15) is 4.31 Å². The number of β-amino-alcohol motifs (C(OH)–C–C–N with tert-alkyl or cyclic N) is 1. The number of benzene rings is 1. The number of rotatable bonds is 2. The fraction of sp³-hybridized carbons (Fsp3) is 0.455. The zero-order valence-corrected chi connectivity index (χ0v) is 11.1. The topological polar surface area (TPSA) is 57.6 Å². The predicted octanol–water partition coefficient (Wildman–Crippen LogP) is 1.62. The molecule has 18 heavy (non-hydrogen) atoms. The molecule has 1 aliphatic rings. The molecule has 7 heteroatoms. The first kappa shape index (κ1) is 13.7. The maximum atomic E-state index is 13.0. The van der Waals surface area contributed by atoms with Gasteiger partial charge in [-0.1, -0.05) is 11.6 Å². The SMILES string of the molecule is O=S(=O)(c1ccc(F)c(Cl)c1)N1CCC[C@H](O)C1. The molecule has 1 aromatic rings. The summed E-state index contributed by atoms with van der Waals surface area (Å²) in [5, 5.41) is 9.27. The quantitative estimate of drug-likeness (QED) is 0.901. The Hall–Kier alpha value is -0.690. The largest absolute Gasteiger partial charge is 0.392 e. The van der Waals surface area contributed by atoms with Gasteiger partial charge in [-0.3, -0.25) is 0 Å². The summed E-state index contributed by atoms with van der Waals surface area (Å²) in [6.45, 7) is 0.422. The summed E-state index contributed by atoms with van der Waals surface area (Å²) in [5.74, 6) is -0.658. The van der Waals surface area contributed by atoms with Crippen LogP contribution < -0.4 is 0 Å². The van der Waals surface area contributed by atoms with Crippen LogP contribution in [-0.2, 0) is 10.0 Å². The zero-order chi connectivity index (χ0) is 13.3. The first-order valence-corrected chi connectivity index (χ1v) is 7.36. The van der Waals surface area contributed by atoms with Crippen LogP contribution in [0, 0.1) is 5.82 Å². The van der Waals surface area contributed by atoms with Crippen LogP contribution in [0.5, 0.6) is 0 Å². The molecule has 1 aromatic carbocycles. The van der Waals surface area contributed by atoms with Crippen LogP contribution in [0.15, 0.2) is 23.1 Å². The fourth-order valence-corrected chi connectivity index (χ4v) is 3.71. The Morgan fingerprint density at radius 1 is 1.44 bits per heavy atom. The molecule has 1 aliphatic heterocycles. The van der Waals surface area contributed by atoms with E-state index in [1.54, 1.807) is 0 Å². The van der Waals surface area contributed by atoms with E-state index in [4.69, 9.17) is 11.6 Å². The van der Waals surface area contributed by atoms with E-state index in [0.29, 0.717) is 19.4 Å². The minimum absolute atomic E-state index is 0.0528. The molecule has 0 saturated carbocycles. The molecule has 1 heterocycles. The van der Waals surface area contributed by atoms with E-state index in [1.807, 2.05) is 0 Å². The molecule has 0 radical (unpaired) electrons. The van der Waals surface area contributed by atoms with Crippen molar-refractivity contribution in [3.8, 4) is 0 Å². The molecule has 1 N–H and O–H groups in total. The third kappa shape index (κ3) is 2.66. The highest BCUT2D eigenvalue weighted by molar-refractivity contribution is 7.89. The number of aliphatic hydroxyl groups excluding tert-OH is 1. The van der Waals surface area contributed by atoms with Crippen molar-refractivity contribution in [1.29, 1.82) is 0 Å². The van der Waals surface area contributed by atoms with Gasteiger partial charge in [0.15, 0.2) is 0 Å². The summed E-state index contributed by atoms with van der Waals surface area (Å²) in [4.78, 5) is -0.0528. The van der Waals surface area contributed by atoms with Crippen LogP contribution in [0.2, 0.25) is 5.02 Å². The molecular formula is C11H13ClFNO3S. The van der Waals surface area contributed by atoms with E-state index < -0.39 is 21.9 Å². The third-order valence-corrected chi connectivity index (χ3v) is 5.04. The molecule has 0 bridgehead atoms. The van der Waals surface area contributed by atoms with Gasteiger partial charge in [0.05, 0.1) is 16.0 Å². The summed E-state index contributed by atoms with van der Waals surface area (Å²) in [5.41, 5.74) is 0. The summed E-state index contributed by atoms with van der Waals surface area (Å²) in [6, 6.07) is 3.29. The number of hydrogen-bond acceptors (Lipinski definition) is 3. The number of aliphatic hydroxyl groups is 1. The third-order valence-electron chi connectivity index (χ3n) is 2.89. The Morgan fingerprint density at radius 3 is 2.78 bits per heavy atom. The van der Waals surface area contributed by atoms with Gasteiger partial charge in [-0.05, 0) is 31.0 Å². The summed E-state index contributed by atoms with van der Waals surface area (Å²) >= 11 is 5.58. The van der Waals surface area contributed by atoms with E-state index in [2.05, 4.69) is 0 Å². The number of halogens is 2. The highest BCUT2D eigenvalue weighted by Gasteiger charge is 2.29. The van der Waals surface area contributed by atoms with E-state index in [0.717, 1.165) is 12.1 Å². The minimum atomic E-state index is -3.71. The van der Waals surface area contributed by atoms with E-state index in [9.17, 15) is 17.9 Å². The van der Waals surface area contributed by atoms with Crippen molar-refractivity contribution in [3.05, 3.63) is 29.0 Å². The molecule has 0 aliphatic carbocycles. The predicted molar refractivity (Wildman–Crippen MR) is 65.4 cm³/mol. The zero-order valence-electron chi connectivity index (χ0n) is 9.51. The van der Waals surface area contributed by atoms with Crippen molar-refractivity contribution in [2.24, 2.45) is 0 Å². The second-order valence-corrected chi connectivity index (χ2v) is 6.58. The van der Waals surface area contributed by atoms with E-state index in [-0.39, 0.29) is 16.5 Å². The van der Waals surface area contributed by atoms with Crippen LogP contribution >= 0.6 is 11.6 Å². The Bertz CT molecular complexity index is 549. The smallest absolute Gasteiger partial charge is 0.243 e. The molecule has 1 fully saturated rings. The number of piperidine rings is 1. The molecule has 4 nitrogen and oxygen atoms in total. The van der Waals surface area contributed by atoms with Crippen LogP contribution in [0.4, 0.5) is 4.39 Å². The van der Waals surface area contributed by atoms with Crippen LogP contribution in [0.3, 0.4) is 0 Å². The molecule has 1 saturated heterocycles. The highest BCUT2D eigenvalue weighted by Crippen LogP contribution is 2.24. The normalized spacial score (nSPS) is 22.1. The molecule has 2 rings (SSSR count). The fourth-order valence-electron chi connectivity index (χ4n) is 1.93. The van der Waals surface area contributed by atoms with E-state index in [1.165, 1.54) is 10.4 Å². The monoisotopic (exact) mass is 293 g/mol. The number of sulfonamides is 1. The van der Waals surface area contributed by atoms with Crippen LogP contribution in [-0.4, -0.2) is 37.0 Å². The van der Waals surface area contributed by atoms with Gasteiger partial charge in [0.2, 0.25) is 10.0 Å². The maximum Gasteiger partial charge on any atom is 0.243 e. The minimum Gasteiger partial charge on any atom is -0.392 e. The van der Waals surface area contributed by atoms with Gasteiger partial charge >= 0.3 is 0 Å². The molecule has 0 spiro atoms. The Labute approximate surface area is 110 Å². The average molecular weight is 294 g/mol. The van der Waals surface area contributed by atoms with Crippen molar-refractivity contribution in [1.82, 2.24) is 4.31 Å². The lowest BCUT2D eigenvalue weighted by Crippen LogP contribution is -2.42. The lowest BCUT2D eigenvalue weighted by molar-refractivity contribution is 0.108. The highest BCUT2D eigenvalue weighted by atomic mass is 35.5. The molecule has 0 unspecified atom stereocenters. The van der Waals surface area contributed by atoms with Crippen LogP contribution in [0.1, 0.15) is 12.8 Å². The van der Waals surface area contributed by atoms with Crippen molar-refractivity contribution in [2.45, 2.75) is 23.8 Å². The van der Waals surface area contributed by atoms with Crippen molar-refractivity contribution >= 4 is 21.6 Å².